The molecule has 0 atom stereocenters. The molecule has 1 aliphatic rings. The molecular formula is C11H12BrIN2O. The van der Waals surface area contributed by atoms with Gasteiger partial charge in [-0.1, -0.05) is 0 Å². The minimum Gasteiger partial charge on any atom is -0.336 e. The van der Waals surface area contributed by atoms with E-state index in [9.17, 15) is 4.79 Å². The molecule has 1 aromatic carbocycles. The van der Waals surface area contributed by atoms with Crippen LogP contribution in [0.4, 0.5) is 0 Å². The molecule has 3 nitrogen and oxygen atoms in total. The number of piperazine rings is 1. The molecule has 1 amide bonds. The number of carbonyl (C=O) groups is 1. The predicted molar refractivity (Wildman–Crippen MR) is 75.6 cm³/mol. The van der Waals surface area contributed by atoms with Gasteiger partial charge >= 0.3 is 0 Å². The molecule has 1 N–H and O–H groups in total. The average molecular weight is 395 g/mol. The second-order valence-electron chi connectivity index (χ2n) is 3.67. The molecule has 0 saturated carbocycles. The largest absolute Gasteiger partial charge is 0.336 e. The first-order chi connectivity index (χ1) is 7.68. The van der Waals surface area contributed by atoms with Crippen LogP contribution in [0.3, 0.4) is 0 Å². The lowest BCUT2D eigenvalue weighted by Gasteiger charge is -2.27. The summed E-state index contributed by atoms with van der Waals surface area (Å²) in [5, 5.41) is 3.24. The summed E-state index contributed by atoms with van der Waals surface area (Å²) in [6.45, 7) is 3.34. The van der Waals surface area contributed by atoms with Crippen LogP contribution in [0.1, 0.15) is 10.4 Å². The first-order valence-electron chi connectivity index (χ1n) is 5.13. The standard InChI is InChI=1S/C11H12BrIN2O/c12-10-2-1-8(13)7-9(10)11(16)15-5-3-14-4-6-15/h1-2,7,14H,3-6H2. The lowest BCUT2D eigenvalue weighted by atomic mass is 10.2. The van der Waals surface area contributed by atoms with Crippen LogP contribution in [-0.2, 0) is 0 Å². The number of benzene rings is 1. The zero-order valence-corrected chi connectivity index (χ0v) is 12.4. The Kier molecular flexibility index (Phi) is 4.21. The van der Waals surface area contributed by atoms with Gasteiger partial charge in [-0.2, -0.15) is 0 Å². The second-order valence-corrected chi connectivity index (χ2v) is 5.77. The number of amides is 1. The maximum Gasteiger partial charge on any atom is 0.255 e. The van der Waals surface area contributed by atoms with Crippen molar-refractivity contribution in [2.24, 2.45) is 0 Å². The molecule has 0 spiro atoms. The van der Waals surface area contributed by atoms with Gasteiger partial charge < -0.3 is 10.2 Å². The summed E-state index contributed by atoms with van der Waals surface area (Å²) in [4.78, 5) is 14.1. The van der Waals surface area contributed by atoms with Crippen LogP contribution in [0.15, 0.2) is 22.7 Å². The summed E-state index contributed by atoms with van der Waals surface area (Å²) in [5.74, 6) is 0.117. The molecule has 86 valence electrons. The summed E-state index contributed by atoms with van der Waals surface area (Å²) in [6, 6.07) is 5.84. The zero-order chi connectivity index (χ0) is 11.5. The number of nitrogens with zero attached hydrogens (tertiary/aromatic N) is 1. The van der Waals surface area contributed by atoms with E-state index in [-0.39, 0.29) is 5.91 Å². The highest BCUT2D eigenvalue weighted by atomic mass is 127. The summed E-state index contributed by atoms with van der Waals surface area (Å²) in [7, 11) is 0. The average Bonchev–Trinajstić information content (AvgIpc) is 2.32. The number of rotatable bonds is 1. The third-order valence-corrected chi connectivity index (χ3v) is 3.93. The Morgan fingerprint density at radius 1 is 1.38 bits per heavy atom. The molecule has 1 heterocycles. The van der Waals surface area contributed by atoms with Crippen LogP contribution in [0.2, 0.25) is 0 Å². The second kappa shape index (κ2) is 5.46. The molecule has 5 heteroatoms. The van der Waals surface area contributed by atoms with Gasteiger partial charge in [-0.15, -0.1) is 0 Å². The number of carbonyl (C=O) groups excluding carboxylic acids is 1. The van der Waals surface area contributed by atoms with E-state index >= 15 is 0 Å². The van der Waals surface area contributed by atoms with E-state index in [2.05, 4.69) is 43.8 Å². The Labute approximate surface area is 117 Å². The molecule has 1 aliphatic heterocycles. The van der Waals surface area contributed by atoms with Gasteiger partial charge in [0, 0.05) is 34.2 Å². The smallest absolute Gasteiger partial charge is 0.255 e. The molecule has 0 aliphatic carbocycles. The van der Waals surface area contributed by atoms with E-state index in [1.54, 1.807) is 0 Å². The van der Waals surface area contributed by atoms with E-state index in [4.69, 9.17) is 0 Å². The Bertz CT molecular complexity index is 405. The van der Waals surface area contributed by atoms with Gasteiger partial charge in [-0.3, -0.25) is 4.79 Å². The fraction of sp³-hybridized carbons (Fsp3) is 0.364. The Morgan fingerprint density at radius 3 is 2.75 bits per heavy atom. The molecule has 2 rings (SSSR count). The highest BCUT2D eigenvalue weighted by Gasteiger charge is 2.19. The van der Waals surface area contributed by atoms with Crippen molar-refractivity contribution in [2.45, 2.75) is 0 Å². The SMILES string of the molecule is O=C(c1cc(I)ccc1Br)N1CCNCC1. The van der Waals surface area contributed by atoms with Crippen molar-refractivity contribution >= 4 is 44.4 Å². The highest BCUT2D eigenvalue weighted by molar-refractivity contribution is 14.1. The lowest BCUT2D eigenvalue weighted by Crippen LogP contribution is -2.46. The van der Waals surface area contributed by atoms with Crippen molar-refractivity contribution in [1.29, 1.82) is 0 Å². The first-order valence-corrected chi connectivity index (χ1v) is 7.01. The summed E-state index contributed by atoms with van der Waals surface area (Å²) < 4.78 is 1.95. The van der Waals surface area contributed by atoms with E-state index in [0.29, 0.717) is 0 Å². The third-order valence-electron chi connectivity index (χ3n) is 2.56. The number of nitrogens with one attached hydrogen (secondary N) is 1. The fourth-order valence-electron chi connectivity index (χ4n) is 1.70. The lowest BCUT2D eigenvalue weighted by molar-refractivity contribution is 0.0735. The van der Waals surface area contributed by atoms with Gasteiger partial charge in [0.15, 0.2) is 0 Å². The van der Waals surface area contributed by atoms with Crippen LogP contribution in [-0.4, -0.2) is 37.0 Å². The minimum atomic E-state index is 0.117. The van der Waals surface area contributed by atoms with Gasteiger partial charge in [-0.05, 0) is 56.7 Å². The monoisotopic (exact) mass is 394 g/mol. The van der Waals surface area contributed by atoms with Crippen LogP contribution in [0.5, 0.6) is 0 Å². The van der Waals surface area contributed by atoms with Crippen molar-refractivity contribution < 1.29 is 4.79 Å². The maximum atomic E-state index is 12.2. The van der Waals surface area contributed by atoms with Gasteiger partial charge in [0.05, 0.1) is 5.56 Å². The Hall–Kier alpha value is -0.140. The third kappa shape index (κ3) is 2.75. The first kappa shape index (κ1) is 12.3. The summed E-state index contributed by atoms with van der Waals surface area (Å²) in [6.07, 6.45) is 0. The summed E-state index contributed by atoms with van der Waals surface area (Å²) >= 11 is 5.65. The molecule has 1 fully saturated rings. The topological polar surface area (TPSA) is 32.3 Å². The van der Waals surface area contributed by atoms with Crippen molar-refractivity contribution in [3.05, 3.63) is 31.8 Å². The number of halogens is 2. The molecule has 1 saturated heterocycles. The fourth-order valence-corrected chi connectivity index (χ4v) is 2.61. The number of hydrogen-bond donors (Lipinski definition) is 1. The van der Waals surface area contributed by atoms with Gasteiger partial charge in [0.1, 0.15) is 0 Å². The quantitative estimate of drug-likeness (QED) is 0.740. The van der Waals surface area contributed by atoms with Crippen molar-refractivity contribution in [1.82, 2.24) is 10.2 Å². The molecule has 16 heavy (non-hydrogen) atoms. The highest BCUT2D eigenvalue weighted by Crippen LogP contribution is 2.21. The van der Waals surface area contributed by atoms with Crippen LogP contribution in [0.25, 0.3) is 0 Å². The molecular weight excluding hydrogens is 383 g/mol. The Balaban J connectivity index is 2.22. The van der Waals surface area contributed by atoms with E-state index in [1.165, 1.54) is 0 Å². The van der Waals surface area contributed by atoms with E-state index < -0.39 is 0 Å². The van der Waals surface area contributed by atoms with Crippen molar-refractivity contribution in [3.63, 3.8) is 0 Å². The van der Waals surface area contributed by atoms with Crippen LogP contribution < -0.4 is 5.32 Å². The minimum absolute atomic E-state index is 0.117. The Morgan fingerprint density at radius 2 is 2.06 bits per heavy atom. The van der Waals surface area contributed by atoms with Gasteiger partial charge in [0.2, 0.25) is 0 Å². The normalized spacial score (nSPS) is 16.2. The van der Waals surface area contributed by atoms with E-state index in [1.807, 2.05) is 23.1 Å². The van der Waals surface area contributed by atoms with Crippen molar-refractivity contribution in [2.75, 3.05) is 26.2 Å². The van der Waals surface area contributed by atoms with Gasteiger partial charge in [-0.25, -0.2) is 0 Å². The maximum absolute atomic E-state index is 12.2. The molecule has 1 aromatic rings. The van der Waals surface area contributed by atoms with Crippen LogP contribution in [0, 0.1) is 3.57 Å². The molecule has 0 radical (unpaired) electrons. The summed E-state index contributed by atoms with van der Waals surface area (Å²) in [5.41, 5.74) is 0.758. The zero-order valence-electron chi connectivity index (χ0n) is 8.67. The van der Waals surface area contributed by atoms with Crippen molar-refractivity contribution in [3.8, 4) is 0 Å². The molecule has 0 unspecified atom stereocenters. The molecule has 0 bridgehead atoms. The van der Waals surface area contributed by atoms with Gasteiger partial charge in [0.25, 0.3) is 5.91 Å². The van der Waals surface area contributed by atoms with E-state index in [0.717, 1.165) is 39.8 Å². The molecule has 0 aromatic heterocycles. The van der Waals surface area contributed by atoms with Crippen LogP contribution >= 0.6 is 38.5 Å². The predicted octanol–water partition coefficient (Wildman–Crippen LogP) is 2.10. The number of hydrogen-bond acceptors (Lipinski definition) is 2.